The summed E-state index contributed by atoms with van der Waals surface area (Å²) in [6.07, 6.45) is 1.70. The van der Waals surface area contributed by atoms with Crippen LogP contribution in [0.25, 0.3) is 21.7 Å². The lowest BCUT2D eigenvalue weighted by molar-refractivity contribution is 0.146. The van der Waals surface area contributed by atoms with E-state index in [1.807, 2.05) is 4.68 Å². The van der Waals surface area contributed by atoms with Gasteiger partial charge in [0.15, 0.2) is 17.1 Å². The van der Waals surface area contributed by atoms with Gasteiger partial charge in [0.2, 0.25) is 5.95 Å². The van der Waals surface area contributed by atoms with E-state index in [1.165, 1.54) is 10.6 Å². The second-order valence-electron chi connectivity index (χ2n) is 8.43. The molecule has 0 amide bonds. The number of anilines is 2. The van der Waals surface area contributed by atoms with Gasteiger partial charge < -0.3 is 20.1 Å². The van der Waals surface area contributed by atoms with Crippen molar-refractivity contribution < 1.29 is 13.9 Å². The summed E-state index contributed by atoms with van der Waals surface area (Å²) in [5.74, 6) is 0.709. The predicted molar refractivity (Wildman–Crippen MR) is 136 cm³/mol. The predicted octanol–water partition coefficient (Wildman–Crippen LogP) is 2.25. The Bertz CT molecular complexity index is 1400. The molecule has 2 N–H and O–H groups in total. The third-order valence-electron chi connectivity index (χ3n) is 6.16. The van der Waals surface area contributed by atoms with Crippen LogP contribution in [-0.2, 0) is 11.3 Å². The van der Waals surface area contributed by atoms with Crippen molar-refractivity contribution in [3.63, 3.8) is 0 Å². The number of benzene rings is 1. The fraction of sp³-hybridized carbons (Fsp3) is 0.391. The van der Waals surface area contributed by atoms with Crippen LogP contribution in [0.3, 0.4) is 0 Å². The maximum Gasteiger partial charge on any atom is 0.225 e. The molecule has 1 aromatic carbocycles. The van der Waals surface area contributed by atoms with Crippen molar-refractivity contribution in [3.05, 3.63) is 42.6 Å². The summed E-state index contributed by atoms with van der Waals surface area (Å²) in [5, 5.41) is 9.70. The van der Waals surface area contributed by atoms with E-state index in [9.17, 15) is 4.39 Å². The zero-order valence-electron chi connectivity index (χ0n) is 19.9. The Morgan fingerprint density at radius 3 is 2.67 bits per heavy atom. The van der Waals surface area contributed by atoms with Gasteiger partial charge in [-0.15, -0.1) is 5.10 Å². The van der Waals surface area contributed by atoms with Crippen molar-refractivity contribution >= 4 is 44.9 Å². The summed E-state index contributed by atoms with van der Waals surface area (Å²) >= 11 is 5.95. The number of methoxy groups -OCH3 is 1. The molecule has 11 nitrogen and oxygen atoms in total. The Kier molecular flexibility index (Phi) is 6.90. The average Bonchev–Trinajstić information content (AvgIpc) is 3.49. The minimum atomic E-state index is -0.286. The summed E-state index contributed by atoms with van der Waals surface area (Å²) in [5.41, 5.74) is 7.85. The van der Waals surface area contributed by atoms with Gasteiger partial charge >= 0.3 is 0 Å². The van der Waals surface area contributed by atoms with Crippen LogP contribution in [0.4, 0.5) is 16.0 Å². The van der Waals surface area contributed by atoms with Gasteiger partial charge in [0, 0.05) is 45.9 Å². The number of fused-ring (bicyclic) bond motifs is 3. The molecule has 0 aliphatic carbocycles. The van der Waals surface area contributed by atoms with Gasteiger partial charge in [-0.2, -0.15) is 14.6 Å². The van der Waals surface area contributed by atoms with E-state index in [0.29, 0.717) is 48.3 Å². The maximum atomic E-state index is 14.7. The van der Waals surface area contributed by atoms with E-state index in [0.717, 1.165) is 38.1 Å². The van der Waals surface area contributed by atoms with E-state index in [2.05, 4.69) is 36.5 Å². The molecule has 13 heteroatoms. The lowest BCUT2D eigenvalue weighted by Crippen LogP contribution is -2.47. The highest BCUT2D eigenvalue weighted by molar-refractivity contribution is 6.47. The van der Waals surface area contributed by atoms with Gasteiger partial charge in [0.25, 0.3) is 0 Å². The fourth-order valence-corrected chi connectivity index (χ4v) is 4.34. The number of aromatic nitrogens is 6. The Morgan fingerprint density at radius 1 is 1.14 bits per heavy atom. The molecule has 190 valence electrons. The van der Waals surface area contributed by atoms with E-state index in [4.69, 9.17) is 26.8 Å². The summed E-state index contributed by atoms with van der Waals surface area (Å²) in [6, 6.07) is 4.99. The third-order valence-corrected chi connectivity index (χ3v) is 6.33. The molecule has 1 saturated heterocycles. The molecule has 5 rings (SSSR count). The molecule has 0 radical (unpaired) electrons. The van der Waals surface area contributed by atoms with Crippen LogP contribution >= 0.6 is 11.6 Å². The zero-order chi connectivity index (χ0) is 25.2. The number of piperazine rings is 1. The van der Waals surface area contributed by atoms with Gasteiger partial charge in [0.1, 0.15) is 18.2 Å². The quantitative estimate of drug-likeness (QED) is 0.335. The Morgan fingerprint density at radius 2 is 1.94 bits per heavy atom. The molecule has 3 aromatic heterocycles. The Balaban J connectivity index is 1.21. The van der Waals surface area contributed by atoms with E-state index in [-0.39, 0.29) is 16.8 Å². The third kappa shape index (κ3) is 4.79. The first-order valence-electron chi connectivity index (χ1n) is 11.6. The van der Waals surface area contributed by atoms with Crippen molar-refractivity contribution in [2.45, 2.75) is 6.54 Å². The molecule has 0 unspecified atom stereocenters. The summed E-state index contributed by atoms with van der Waals surface area (Å²) in [7, 11) is 1.60. The number of nitrogens with zero attached hydrogens (tertiary/aromatic N) is 8. The molecule has 36 heavy (non-hydrogen) atoms. The van der Waals surface area contributed by atoms with Crippen LogP contribution < -0.4 is 15.4 Å². The summed E-state index contributed by atoms with van der Waals surface area (Å²) in [6.45, 7) is 8.94. The molecule has 0 bridgehead atoms. The Hall–Kier alpha value is -3.48. The lowest BCUT2D eigenvalue weighted by atomic mass is 10.2. The maximum absolute atomic E-state index is 14.7. The van der Waals surface area contributed by atoms with Gasteiger partial charge in [0.05, 0.1) is 35.5 Å². The van der Waals surface area contributed by atoms with E-state index in [1.54, 1.807) is 25.4 Å². The molecule has 1 aliphatic heterocycles. The molecule has 1 fully saturated rings. The fourth-order valence-electron chi connectivity index (χ4n) is 4.26. The standard InChI is InChI=1S/C23H27ClFN9O2/c1-15(24)20-28-22-17-14-27-33(21(17)29-23(26)34(22)30-20)10-7-31-5-8-32(9-6-31)19-4-3-16(13-18(19)25)36-12-11-35-2/h3-4,13-14H,1,5-12H2,2H3,(H2,26,29). The summed E-state index contributed by atoms with van der Waals surface area (Å²) < 4.78 is 28.4. The first kappa shape index (κ1) is 24.2. The van der Waals surface area contributed by atoms with Crippen LogP contribution in [0.1, 0.15) is 5.82 Å². The van der Waals surface area contributed by atoms with Crippen LogP contribution in [0.15, 0.2) is 31.0 Å². The highest BCUT2D eigenvalue weighted by Gasteiger charge is 2.21. The first-order chi connectivity index (χ1) is 17.4. The van der Waals surface area contributed by atoms with Crippen LogP contribution in [0.5, 0.6) is 5.75 Å². The second kappa shape index (κ2) is 10.2. The number of rotatable bonds is 9. The lowest BCUT2D eigenvalue weighted by Gasteiger charge is -2.36. The molecule has 4 aromatic rings. The normalized spacial score (nSPS) is 14.7. The second-order valence-corrected chi connectivity index (χ2v) is 8.89. The smallest absolute Gasteiger partial charge is 0.225 e. The number of halogens is 2. The molecule has 4 heterocycles. The molecule has 0 atom stereocenters. The molecular weight excluding hydrogens is 489 g/mol. The molecule has 0 spiro atoms. The van der Waals surface area contributed by atoms with Gasteiger partial charge in [-0.1, -0.05) is 18.2 Å². The molecular formula is C23H27ClFN9O2. The number of hydrogen-bond donors (Lipinski definition) is 1. The van der Waals surface area contributed by atoms with Gasteiger partial charge in [-0.3, -0.25) is 4.90 Å². The highest BCUT2D eigenvalue weighted by Crippen LogP contribution is 2.26. The van der Waals surface area contributed by atoms with Gasteiger partial charge in [-0.05, 0) is 12.1 Å². The number of nitrogen functional groups attached to an aromatic ring is 1. The van der Waals surface area contributed by atoms with Crippen molar-refractivity contribution in [2.75, 3.05) is 63.7 Å². The largest absolute Gasteiger partial charge is 0.491 e. The SMILES string of the molecule is C=C(Cl)c1nc2c3cnn(CCN4CCN(c5ccc(OCCOC)cc5F)CC4)c3nc(N)n2n1. The van der Waals surface area contributed by atoms with Crippen molar-refractivity contribution in [1.82, 2.24) is 34.3 Å². The van der Waals surface area contributed by atoms with E-state index >= 15 is 0 Å². The van der Waals surface area contributed by atoms with Crippen molar-refractivity contribution in [2.24, 2.45) is 0 Å². The van der Waals surface area contributed by atoms with E-state index < -0.39 is 0 Å². The minimum Gasteiger partial charge on any atom is -0.491 e. The first-order valence-corrected chi connectivity index (χ1v) is 11.9. The molecule has 0 saturated carbocycles. The number of hydrogen-bond acceptors (Lipinski definition) is 9. The molecule has 1 aliphatic rings. The van der Waals surface area contributed by atoms with Crippen LogP contribution in [0, 0.1) is 5.82 Å². The number of nitrogens with two attached hydrogens (primary N) is 1. The number of ether oxygens (including phenoxy) is 2. The average molecular weight is 516 g/mol. The Labute approximate surface area is 211 Å². The zero-order valence-corrected chi connectivity index (χ0v) is 20.7. The highest BCUT2D eigenvalue weighted by atomic mass is 35.5. The van der Waals surface area contributed by atoms with Crippen molar-refractivity contribution in [3.8, 4) is 5.75 Å². The minimum absolute atomic E-state index is 0.196. The summed E-state index contributed by atoms with van der Waals surface area (Å²) in [4.78, 5) is 13.3. The van der Waals surface area contributed by atoms with Crippen LogP contribution in [-0.4, -0.2) is 87.3 Å². The van der Waals surface area contributed by atoms with Crippen molar-refractivity contribution in [1.29, 1.82) is 0 Å². The van der Waals surface area contributed by atoms with Crippen LogP contribution in [0.2, 0.25) is 0 Å². The monoisotopic (exact) mass is 515 g/mol. The topological polar surface area (TPSA) is 112 Å². The van der Waals surface area contributed by atoms with Gasteiger partial charge in [-0.25, -0.2) is 14.1 Å².